The SMILES string of the molecule is CCC(Oc1ccccc1C)C(=O)Nc1cccc(N)c1C. The Morgan fingerprint density at radius 2 is 1.91 bits per heavy atom. The predicted octanol–water partition coefficient (Wildman–Crippen LogP) is 3.68. The van der Waals surface area contributed by atoms with E-state index in [1.165, 1.54) is 0 Å². The first kappa shape index (κ1) is 15.9. The Labute approximate surface area is 131 Å². The lowest BCUT2D eigenvalue weighted by Gasteiger charge is -2.19. The molecule has 0 spiro atoms. The predicted molar refractivity (Wildman–Crippen MR) is 90.1 cm³/mol. The topological polar surface area (TPSA) is 64.3 Å². The molecule has 4 heteroatoms. The van der Waals surface area contributed by atoms with Gasteiger partial charge in [0.15, 0.2) is 6.10 Å². The lowest BCUT2D eigenvalue weighted by atomic mass is 10.1. The minimum Gasteiger partial charge on any atom is -0.480 e. The van der Waals surface area contributed by atoms with Crippen LogP contribution in [-0.2, 0) is 4.79 Å². The molecule has 0 aliphatic heterocycles. The van der Waals surface area contributed by atoms with E-state index in [2.05, 4.69) is 5.32 Å². The number of rotatable bonds is 5. The quantitative estimate of drug-likeness (QED) is 0.828. The summed E-state index contributed by atoms with van der Waals surface area (Å²) < 4.78 is 5.86. The lowest BCUT2D eigenvalue weighted by Crippen LogP contribution is -2.32. The van der Waals surface area contributed by atoms with Gasteiger partial charge in [0.25, 0.3) is 5.91 Å². The van der Waals surface area contributed by atoms with Crippen LogP contribution in [0.3, 0.4) is 0 Å². The van der Waals surface area contributed by atoms with Crippen LogP contribution in [-0.4, -0.2) is 12.0 Å². The highest BCUT2D eigenvalue weighted by molar-refractivity contribution is 5.95. The highest BCUT2D eigenvalue weighted by Gasteiger charge is 2.20. The van der Waals surface area contributed by atoms with Crippen LogP contribution in [0.1, 0.15) is 24.5 Å². The van der Waals surface area contributed by atoms with Gasteiger partial charge in [0.2, 0.25) is 0 Å². The zero-order chi connectivity index (χ0) is 16.1. The number of carbonyl (C=O) groups excluding carboxylic acids is 1. The number of amides is 1. The molecule has 1 atom stereocenters. The van der Waals surface area contributed by atoms with Crippen LogP contribution in [0.25, 0.3) is 0 Å². The molecule has 0 radical (unpaired) electrons. The number of para-hydroxylation sites is 1. The Bertz CT molecular complexity index is 668. The van der Waals surface area contributed by atoms with Crippen LogP contribution in [0, 0.1) is 13.8 Å². The van der Waals surface area contributed by atoms with Crippen molar-refractivity contribution in [1.29, 1.82) is 0 Å². The summed E-state index contributed by atoms with van der Waals surface area (Å²) in [6.45, 7) is 5.77. The van der Waals surface area contributed by atoms with Crippen molar-refractivity contribution < 1.29 is 9.53 Å². The molecule has 2 rings (SSSR count). The van der Waals surface area contributed by atoms with Gasteiger partial charge in [-0.05, 0) is 49.6 Å². The Morgan fingerprint density at radius 1 is 1.18 bits per heavy atom. The molecule has 0 aliphatic rings. The third-order valence-corrected chi connectivity index (χ3v) is 3.66. The maximum Gasteiger partial charge on any atom is 0.265 e. The molecule has 2 aromatic carbocycles. The molecule has 0 aliphatic carbocycles. The molecular formula is C18H22N2O2. The van der Waals surface area contributed by atoms with Crippen LogP contribution in [0.15, 0.2) is 42.5 Å². The maximum absolute atomic E-state index is 12.4. The summed E-state index contributed by atoms with van der Waals surface area (Å²) in [5.74, 6) is 0.563. The molecule has 1 unspecified atom stereocenters. The van der Waals surface area contributed by atoms with E-state index in [1.807, 2.05) is 63.2 Å². The van der Waals surface area contributed by atoms with Gasteiger partial charge in [0.05, 0.1) is 0 Å². The molecule has 0 heterocycles. The minimum absolute atomic E-state index is 0.167. The van der Waals surface area contributed by atoms with Gasteiger partial charge >= 0.3 is 0 Å². The molecule has 0 saturated carbocycles. The minimum atomic E-state index is -0.540. The Morgan fingerprint density at radius 3 is 2.59 bits per heavy atom. The zero-order valence-corrected chi connectivity index (χ0v) is 13.2. The first-order valence-electron chi connectivity index (χ1n) is 7.41. The second-order valence-corrected chi connectivity index (χ2v) is 5.29. The molecule has 22 heavy (non-hydrogen) atoms. The van der Waals surface area contributed by atoms with Gasteiger partial charge in [-0.25, -0.2) is 0 Å². The number of anilines is 2. The summed E-state index contributed by atoms with van der Waals surface area (Å²) in [6.07, 6.45) is 0.0450. The summed E-state index contributed by atoms with van der Waals surface area (Å²) >= 11 is 0. The van der Waals surface area contributed by atoms with Crippen molar-refractivity contribution in [3.63, 3.8) is 0 Å². The van der Waals surface area contributed by atoms with Gasteiger partial charge < -0.3 is 15.8 Å². The number of ether oxygens (including phenoxy) is 1. The Hall–Kier alpha value is -2.49. The van der Waals surface area contributed by atoms with Crippen molar-refractivity contribution in [3.8, 4) is 5.75 Å². The van der Waals surface area contributed by atoms with Crippen molar-refractivity contribution in [3.05, 3.63) is 53.6 Å². The van der Waals surface area contributed by atoms with Crippen molar-refractivity contribution in [2.24, 2.45) is 0 Å². The smallest absolute Gasteiger partial charge is 0.265 e. The van der Waals surface area contributed by atoms with E-state index < -0.39 is 6.10 Å². The van der Waals surface area contributed by atoms with E-state index in [9.17, 15) is 4.79 Å². The summed E-state index contributed by atoms with van der Waals surface area (Å²) in [7, 11) is 0. The molecular weight excluding hydrogens is 276 g/mol. The number of nitrogens with one attached hydrogen (secondary N) is 1. The molecule has 3 N–H and O–H groups in total. The van der Waals surface area contributed by atoms with Crippen molar-refractivity contribution in [1.82, 2.24) is 0 Å². The van der Waals surface area contributed by atoms with Crippen LogP contribution in [0.4, 0.5) is 11.4 Å². The van der Waals surface area contributed by atoms with Gasteiger partial charge in [-0.2, -0.15) is 0 Å². The van der Waals surface area contributed by atoms with E-state index in [4.69, 9.17) is 10.5 Å². The maximum atomic E-state index is 12.4. The molecule has 0 bridgehead atoms. The lowest BCUT2D eigenvalue weighted by molar-refractivity contribution is -0.122. The van der Waals surface area contributed by atoms with Crippen molar-refractivity contribution in [2.45, 2.75) is 33.3 Å². The zero-order valence-electron chi connectivity index (χ0n) is 13.2. The van der Waals surface area contributed by atoms with Crippen molar-refractivity contribution in [2.75, 3.05) is 11.1 Å². The van der Waals surface area contributed by atoms with Gasteiger partial charge in [0.1, 0.15) is 5.75 Å². The van der Waals surface area contributed by atoms with E-state index in [0.717, 1.165) is 22.6 Å². The van der Waals surface area contributed by atoms with Crippen LogP contribution < -0.4 is 15.8 Å². The van der Waals surface area contributed by atoms with Crippen LogP contribution in [0.5, 0.6) is 5.75 Å². The average Bonchev–Trinajstić information content (AvgIpc) is 2.51. The highest BCUT2D eigenvalue weighted by atomic mass is 16.5. The van der Waals surface area contributed by atoms with Gasteiger partial charge in [-0.15, -0.1) is 0 Å². The van der Waals surface area contributed by atoms with Crippen molar-refractivity contribution >= 4 is 17.3 Å². The van der Waals surface area contributed by atoms with Gasteiger partial charge in [0, 0.05) is 11.4 Å². The summed E-state index contributed by atoms with van der Waals surface area (Å²) in [5, 5.41) is 2.90. The average molecular weight is 298 g/mol. The normalized spacial score (nSPS) is 11.8. The number of hydrogen-bond donors (Lipinski definition) is 2. The molecule has 116 valence electrons. The summed E-state index contributed by atoms with van der Waals surface area (Å²) in [6, 6.07) is 13.1. The van der Waals surface area contributed by atoms with Crippen LogP contribution >= 0.6 is 0 Å². The standard InChI is InChI=1S/C18H22N2O2/c1-4-16(22-17-11-6-5-8-12(17)2)18(21)20-15-10-7-9-14(19)13(15)3/h5-11,16H,4,19H2,1-3H3,(H,20,21). The van der Waals surface area contributed by atoms with E-state index in [-0.39, 0.29) is 5.91 Å². The fraction of sp³-hybridized carbons (Fsp3) is 0.278. The largest absolute Gasteiger partial charge is 0.480 e. The second-order valence-electron chi connectivity index (χ2n) is 5.29. The molecule has 0 fully saturated rings. The monoisotopic (exact) mass is 298 g/mol. The van der Waals surface area contributed by atoms with Gasteiger partial charge in [-0.1, -0.05) is 31.2 Å². The van der Waals surface area contributed by atoms with Gasteiger partial charge in [-0.3, -0.25) is 4.79 Å². The molecule has 4 nitrogen and oxygen atoms in total. The Kier molecular flexibility index (Phi) is 5.04. The molecule has 0 aromatic heterocycles. The Balaban J connectivity index is 2.12. The number of aryl methyl sites for hydroxylation is 1. The fourth-order valence-electron chi connectivity index (χ4n) is 2.17. The third-order valence-electron chi connectivity index (χ3n) is 3.66. The number of carbonyl (C=O) groups is 1. The van der Waals surface area contributed by atoms with E-state index >= 15 is 0 Å². The molecule has 0 saturated heterocycles. The summed E-state index contributed by atoms with van der Waals surface area (Å²) in [4.78, 5) is 12.4. The summed E-state index contributed by atoms with van der Waals surface area (Å²) in [5.41, 5.74) is 9.11. The molecule has 1 amide bonds. The van der Waals surface area contributed by atoms with E-state index in [0.29, 0.717) is 12.1 Å². The third kappa shape index (κ3) is 3.58. The number of nitrogens with two attached hydrogens (primary N) is 1. The van der Waals surface area contributed by atoms with E-state index in [1.54, 1.807) is 0 Å². The number of nitrogen functional groups attached to an aromatic ring is 1. The number of benzene rings is 2. The fourth-order valence-corrected chi connectivity index (χ4v) is 2.17. The molecule has 2 aromatic rings. The second kappa shape index (κ2) is 6.98. The first-order chi connectivity index (χ1) is 10.5. The number of hydrogen-bond acceptors (Lipinski definition) is 3. The highest BCUT2D eigenvalue weighted by Crippen LogP contribution is 2.22. The van der Waals surface area contributed by atoms with Crippen LogP contribution in [0.2, 0.25) is 0 Å². The first-order valence-corrected chi connectivity index (χ1v) is 7.41.